The Morgan fingerprint density at radius 2 is 1.95 bits per heavy atom. The fourth-order valence-electron chi connectivity index (χ4n) is 2.49. The minimum Gasteiger partial charge on any atom is -0.345 e. The average molecular weight is 297 g/mol. The third-order valence-electron chi connectivity index (χ3n) is 3.67. The molecule has 6 nitrogen and oxygen atoms in total. The lowest BCUT2D eigenvalue weighted by Crippen LogP contribution is -2.31. The van der Waals surface area contributed by atoms with Gasteiger partial charge in [-0.15, -0.1) is 0 Å². The van der Waals surface area contributed by atoms with Gasteiger partial charge in [0.2, 0.25) is 5.95 Å². The SMILES string of the molecule is O=C(NCc1ccnc(N2CCCCC2)n1)c1ccccn1. The van der Waals surface area contributed by atoms with Crippen LogP contribution in [0.4, 0.5) is 5.95 Å². The van der Waals surface area contributed by atoms with Crippen LogP contribution in [0.15, 0.2) is 36.7 Å². The Bertz CT molecular complexity index is 625. The third kappa shape index (κ3) is 3.58. The van der Waals surface area contributed by atoms with E-state index in [1.807, 2.05) is 6.07 Å². The summed E-state index contributed by atoms with van der Waals surface area (Å²) < 4.78 is 0. The number of nitrogens with zero attached hydrogens (tertiary/aromatic N) is 4. The lowest BCUT2D eigenvalue weighted by molar-refractivity contribution is 0.0945. The molecular weight excluding hydrogens is 278 g/mol. The van der Waals surface area contributed by atoms with Gasteiger partial charge in [-0.1, -0.05) is 6.07 Å². The first-order valence-corrected chi connectivity index (χ1v) is 7.59. The highest BCUT2D eigenvalue weighted by atomic mass is 16.1. The van der Waals surface area contributed by atoms with Gasteiger partial charge in [-0.2, -0.15) is 0 Å². The number of carbonyl (C=O) groups is 1. The van der Waals surface area contributed by atoms with Crippen molar-refractivity contribution in [1.29, 1.82) is 0 Å². The molecule has 1 amide bonds. The predicted molar refractivity (Wildman–Crippen MR) is 83.5 cm³/mol. The van der Waals surface area contributed by atoms with Crippen LogP contribution in [0, 0.1) is 0 Å². The van der Waals surface area contributed by atoms with Crippen LogP contribution in [0.1, 0.15) is 35.4 Å². The molecule has 2 aromatic heterocycles. The van der Waals surface area contributed by atoms with Crippen molar-refractivity contribution in [2.75, 3.05) is 18.0 Å². The van der Waals surface area contributed by atoms with Gasteiger partial charge in [0.05, 0.1) is 12.2 Å². The maximum atomic E-state index is 12.0. The second-order valence-electron chi connectivity index (χ2n) is 5.29. The molecule has 0 atom stereocenters. The van der Waals surface area contributed by atoms with Gasteiger partial charge in [-0.25, -0.2) is 9.97 Å². The monoisotopic (exact) mass is 297 g/mol. The zero-order valence-corrected chi connectivity index (χ0v) is 12.4. The summed E-state index contributed by atoms with van der Waals surface area (Å²) in [5, 5.41) is 2.84. The van der Waals surface area contributed by atoms with Gasteiger partial charge in [0.25, 0.3) is 5.91 Å². The van der Waals surface area contributed by atoms with Gasteiger partial charge < -0.3 is 10.2 Å². The van der Waals surface area contributed by atoms with Crippen molar-refractivity contribution in [3.8, 4) is 0 Å². The highest BCUT2D eigenvalue weighted by Gasteiger charge is 2.14. The van der Waals surface area contributed by atoms with Gasteiger partial charge in [0, 0.05) is 25.5 Å². The van der Waals surface area contributed by atoms with Crippen LogP contribution in [0.25, 0.3) is 0 Å². The zero-order valence-electron chi connectivity index (χ0n) is 12.4. The van der Waals surface area contributed by atoms with Gasteiger partial charge in [-0.05, 0) is 37.5 Å². The van der Waals surface area contributed by atoms with Crippen molar-refractivity contribution < 1.29 is 4.79 Å². The number of carbonyl (C=O) groups excluding carboxylic acids is 1. The lowest BCUT2D eigenvalue weighted by Gasteiger charge is -2.26. The molecule has 0 aromatic carbocycles. The van der Waals surface area contributed by atoms with Gasteiger partial charge in [-0.3, -0.25) is 9.78 Å². The number of nitrogens with one attached hydrogen (secondary N) is 1. The van der Waals surface area contributed by atoms with Crippen LogP contribution in [-0.2, 0) is 6.54 Å². The van der Waals surface area contributed by atoms with Gasteiger partial charge in [0.1, 0.15) is 5.69 Å². The second kappa shape index (κ2) is 6.98. The summed E-state index contributed by atoms with van der Waals surface area (Å²) in [6.45, 7) is 2.38. The van der Waals surface area contributed by atoms with E-state index in [-0.39, 0.29) is 5.91 Å². The maximum Gasteiger partial charge on any atom is 0.270 e. The molecule has 6 heteroatoms. The molecule has 0 radical (unpaired) electrons. The first-order chi connectivity index (χ1) is 10.8. The van der Waals surface area contributed by atoms with E-state index in [4.69, 9.17) is 0 Å². The van der Waals surface area contributed by atoms with Crippen LogP contribution >= 0.6 is 0 Å². The Labute approximate surface area is 129 Å². The molecule has 1 saturated heterocycles. The molecule has 0 bridgehead atoms. The molecule has 0 aliphatic carbocycles. The quantitative estimate of drug-likeness (QED) is 0.931. The maximum absolute atomic E-state index is 12.0. The number of anilines is 1. The molecule has 22 heavy (non-hydrogen) atoms. The molecule has 3 rings (SSSR count). The summed E-state index contributed by atoms with van der Waals surface area (Å²) in [4.78, 5) is 27.1. The van der Waals surface area contributed by atoms with Crippen LogP contribution < -0.4 is 10.2 Å². The number of rotatable bonds is 4. The fraction of sp³-hybridized carbons (Fsp3) is 0.375. The molecule has 0 saturated carbocycles. The Kier molecular flexibility index (Phi) is 4.58. The Morgan fingerprint density at radius 3 is 2.73 bits per heavy atom. The molecule has 1 aliphatic heterocycles. The molecule has 2 aromatic rings. The molecular formula is C16H19N5O. The fourth-order valence-corrected chi connectivity index (χ4v) is 2.49. The lowest BCUT2D eigenvalue weighted by atomic mass is 10.1. The van der Waals surface area contributed by atoms with Crippen molar-refractivity contribution in [2.45, 2.75) is 25.8 Å². The molecule has 0 unspecified atom stereocenters. The Balaban J connectivity index is 1.62. The van der Waals surface area contributed by atoms with E-state index in [2.05, 4.69) is 25.2 Å². The first kappa shape index (κ1) is 14.4. The minimum absolute atomic E-state index is 0.196. The van der Waals surface area contributed by atoms with E-state index in [1.165, 1.54) is 19.3 Å². The van der Waals surface area contributed by atoms with Gasteiger partial charge in [0.15, 0.2) is 0 Å². The smallest absolute Gasteiger partial charge is 0.270 e. The summed E-state index contributed by atoms with van der Waals surface area (Å²) >= 11 is 0. The van der Waals surface area contributed by atoms with Crippen LogP contribution in [0.5, 0.6) is 0 Å². The molecule has 1 N–H and O–H groups in total. The number of pyridine rings is 1. The normalized spacial score (nSPS) is 14.6. The van der Waals surface area contributed by atoms with Crippen molar-refractivity contribution >= 4 is 11.9 Å². The molecule has 1 fully saturated rings. The molecule has 0 spiro atoms. The van der Waals surface area contributed by atoms with E-state index in [0.29, 0.717) is 12.2 Å². The van der Waals surface area contributed by atoms with E-state index >= 15 is 0 Å². The number of aromatic nitrogens is 3. The first-order valence-electron chi connectivity index (χ1n) is 7.59. The van der Waals surface area contributed by atoms with Crippen LogP contribution in [-0.4, -0.2) is 33.9 Å². The summed E-state index contributed by atoms with van der Waals surface area (Å²) in [5.74, 6) is 0.558. The van der Waals surface area contributed by atoms with Crippen molar-refractivity contribution in [3.05, 3.63) is 48.0 Å². The van der Waals surface area contributed by atoms with Crippen LogP contribution in [0.3, 0.4) is 0 Å². The number of hydrogen-bond acceptors (Lipinski definition) is 5. The summed E-state index contributed by atoms with van der Waals surface area (Å²) in [6.07, 6.45) is 7.00. The summed E-state index contributed by atoms with van der Waals surface area (Å²) in [5.41, 5.74) is 1.22. The second-order valence-corrected chi connectivity index (χ2v) is 5.29. The molecule has 1 aliphatic rings. The Hall–Kier alpha value is -2.50. The number of piperidine rings is 1. The topological polar surface area (TPSA) is 71.0 Å². The Morgan fingerprint density at radius 1 is 1.09 bits per heavy atom. The minimum atomic E-state index is -0.196. The average Bonchev–Trinajstić information content (AvgIpc) is 2.61. The molecule has 3 heterocycles. The largest absolute Gasteiger partial charge is 0.345 e. The van der Waals surface area contributed by atoms with Crippen molar-refractivity contribution in [2.24, 2.45) is 0 Å². The van der Waals surface area contributed by atoms with E-state index < -0.39 is 0 Å². The van der Waals surface area contributed by atoms with E-state index in [9.17, 15) is 4.79 Å². The van der Waals surface area contributed by atoms with Crippen molar-refractivity contribution in [3.63, 3.8) is 0 Å². The summed E-state index contributed by atoms with van der Waals surface area (Å²) in [6, 6.07) is 7.09. The standard InChI is InChI=1S/C16H19N5O/c22-15(14-6-2-3-8-17-14)19-12-13-7-9-18-16(20-13)21-10-4-1-5-11-21/h2-3,6-9H,1,4-5,10-12H2,(H,19,22). The van der Waals surface area contributed by atoms with E-state index in [1.54, 1.807) is 30.6 Å². The van der Waals surface area contributed by atoms with Gasteiger partial charge >= 0.3 is 0 Å². The van der Waals surface area contributed by atoms with Crippen molar-refractivity contribution in [1.82, 2.24) is 20.3 Å². The number of amides is 1. The highest BCUT2D eigenvalue weighted by Crippen LogP contribution is 2.15. The van der Waals surface area contributed by atoms with Crippen LogP contribution in [0.2, 0.25) is 0 Å². The van der Waals surface area contributed by atoms with E-state index in [0.717, 1.165) is 24.7 Å². The number of hydrogen-bond donors (Lipinski definition) is 1. The predicted octanol–water partition coefficient (Wildman–Crippen LogP) is 1.79. The summed E-state index contributed by atoms with van der Waals surface area (Å²) in [7, 11) is 0. The zero-order chi connectivity index (χ0) is 15.2. The highest BCUT2D eigenvalue weighted by molar-refractivity contribution is 5.92. The molecule has 114 valence electrons. The third-order valence-corrected chi connectivity index (χ3v) is 3.67.